The van der Waals surface area contributed by atoms with Crippen molar-refractivity contribution in [3.05, 3.63) is 53.3 Å². The molecule has 0 heterocycles. The first kappa shape index (κ1) is 31.0. The lowest BCUT2D eigenvalue weighted by Crippen LogP contribution is -2.41. The monoisotopic (exact) mass is 559 g/mol. The van der Waals surface area contributed by atoms with Crippen molar-refractivity contribution in [2.24, 2.45) is 9.98 Å². The van der Waals surface area contributed by atoms with Crippen LogP contribution in [0.3, 0.4) is 0 Å². The molecule has 0 fully saturated rings. The van der Waals surface area contributed by atoms with Gasteiger partial charge in [0, 0.05) is 11.6 Å². The minimum atomic E-state index is -1.99. The van der Waals surface area contributed by atoms with Crippen LogP contribution in [0, 0.1) is 17.1 Å². The molecule has 0 saturated heterocycles. The van der Waals surface area contributed by atoms with Crippen LogP contribution >= 0.6 is 11.8 Å². The molecular formula is C27H34FN3O5SSi. The molecule has 0 aliphatic carbocycles. The summed E-state index contributed by atoms with van der Waals surface area (Å²) in [5.41, 5.74) is 0.970. The highest BCUT2D eigenvalue weighted by atomic mass is 32.2. The number of thioether (sulfide) groups is 1. The van der Waals surface area contributed by atoms with E-state index in [1.165, 1.54) is 26.4 Å². The van der Waals surface area contributed by atoms with Crippen LogP contribution in [0.5, 0.6) is 11.5 Å². The Kier molecular flexibility index (Phi) is 11.1. The molecule has 0 N–H and O–H groups in total. The summed E-state index contributed by atoms with van der Waals surface area (Å²) in [4.78, 5) is 20.5. The number of benzene rings is 2. The van der Waals surface area contributed by atoms with Crippen LogP contribution < -0.4 is 9.47 Å². The minimum absolute atomic E-state index is 0.0195. The van der Waals surface area contributed by atoms with Crippen LogP contribution in [0.4, 0.5) is 14.9 Å². The van der Waals surface area contributed by atoms with Crippen LogP contribution in [-0.2, 0) is 9.16 Å². The molecule has 11 heteroatoms. The molecule has 0 bridgehead atoms. The van der Waals surface area contributed by atoms with Crippen LogP contribution in [0.2, 0.25) is 18.1 Å². The summed E-state index contributed by atoms with van der Waals surface area (Å²) in [5.74, 6) is -0.422. The second-order valence-corrected chi connectivity index (χ2v) is 15.3. The van der Waals surface area contributed by atoms with Gasteiger partial charge in [0.05, 0.1) is 38.1 Å². The van der Waals surface area contributed by atoms with E-state index in [9.17, 15) is 4.79 Å². The molecule has 0 aromatic heterocycles. The second-order valence-electron chi connectivity index (χ2n) is 9.65. The van der Waals surface area contributed by atoms with Gasteiger partial charge < -0.3 is 18.6 Å². The third-order valence-electron chi connectivity index (χ3n) is 6.11. The largest absolute Gasteiger partial charge is 0.497 e. The van der Waals surface area contributed by atoms with Gasteiger partial charge in [-0.2, -0.15) is 10.3 Å². The number of hydrogen-bond acceptors (Lipinski definition) is 8. The number of rotatable bonds is 9. The van der Waals surface area contributed by atoms with E-state index in [1.54, 1.807) is 30.5 Å². The Labute approximate surface area is 229 Å². The average Bonchev–Trinajstić information content (AvgIpc) is 2.89. The third kappa shape index (κ3) is 8.15. The van der Waals surface area contributed by atoms with Gasteiger partial charge in [-0.1, -0.05) is 20.8 Å². The maximum Gasteiger partial charge on any atom is 0.434 e. The predicted octanol–water partition coefficient (Wildman–Crippen LogP) is 6.76. The fourth-order valence-corrected chi connectivity index (χ4v) is 4.46. The fourth-order valence-electron chi connectivity index (χ4n) is 2.92. The number of aliphatic imine (C=N–C) groups is 2. The van der Waals surface area contributed by atoms with E-state index in [0.717, 1.165) is 11.8 Å². The lowest BCUT2D eigenvalue weighted by Gasteiger charge is -2.36. The van der Waals surface area contributed by atoms with E-state index in [-0.39, 0.29) is 33.7 Å². The third-order valence-corrected chi connectivity index (χ3v) is 11.3. The van der Waals surface area contributed by atoms with Gasteiger partial charge in [0.1, 0.15) is 23.1 Å². The zero-order valence-electron chi connectivity index (χ0n) is 23.0. The van der Waals surface area contributed by atoms with Crippen molar-refractivity contribution in [2.45, 2.75) is 38.9 Å². The topological polar surface area (TPSA) is 103 Å². The van der Waals surface area contributed by atoms with Crippen molar-refractivity contribution in [2.75, 3.05) is 33.7 Å². The summed E-state index contributed by atoms with van der Waals surface area (Å²) in [5, 5.41) is 9.25. The first-order valence-electron chi connectivity index (χ1n) is 11.8. The Morgan fingerprint density at radius 3 is 2.32 bits per heavy atom. The summed E-state index contributed by atoms with van der Waals surface area (Å²) in [7, 11) is 0.662. The number of nitriles is 1. The number of halogens is 1. The van der Waals surface area contributed by atoms with E-state index in [0.29, 0.717) is 23.6 Å². The smallest absolute Gasteiger partial charge is 0.434 e. The van der Waals surface area contributed by atoms with Crippen LogP contribution in [-0.4, -0.2) is 58.9 Å². The van der Waals surface area contributed by atoms with Gasteiger partial charge in [0.25, 0.3) is 0 Å². The van der Waals surface area contributed by atoms with Gasteiger partial charge in [0.2, 0.25) is 0 Å². The van der Waals surface area contributed by atoms with Gasteiger partial charge in [-0.25, -0.2) is 14.2 Å². The van der Waals surface area contributed by atoms with Gasteiger partial charge in [-0.15, -0.1) is 11.8 Å². The van der Waals surface area contributed by atoms with Gasteiger partial charge in [0.15, 0.2) is 19.9 Å². The standard InChI is InChI=1S/C27H34FN3O5SSi/c1-27(2,3)38(7,8)36-14-13-35-22-16-20(33-4)15-21(23(22)28)24(25(37-6)31-26(32)34-5)30-19-11-9-18(17-29)10-12-19/h9-12,15-16H,13-14H2,1-8H3/b30-24-,31-25-. The fraction of sp³-hybridized carbons (Fsp3) is 0.407. The highest BCUT2D eigenvalue weighted by Crippen LogP contribution is 2.36. The van der Waals surface area contributed by atoms with Crippen molar-refractivity contribution >= 4 is 42.6 Å². The first-order valence-corrected chi connectivity index (χ1v) is 15.9. The number of carbonyl (C=O) groups is 1. The van der Waals surface area contributed by atoms with E-state index < -0.39 is 20.2 Å². The lowest BCUT2D eigenvalue weighted by molar-refractivity contribution is 0.183. The molecule has 204 valence electrons. The normalized spacial score (nSPS) is 12.6. The number of hydrogen-bond donors (Lipinski definition) is 0. The summed E-state index contributed by atoms with van der Waals surface area (Å²) in [6, 6.07) is 11.3. The highest BCUT2D eigenvalue weighted by Gasteiger charge is 2.37. The molecular weight excluding hydrogens is 525 g/mol. The Morgan fingerprint density at radius 1 is 1.13 bits per heavy atom. The predicted molar refractivity (Wildman–Crippen MR) is 152 cm³/mol. The van der Waals surface area contributed by atoms with Crippen molar-refractivity contribution < 1.29 is 27.8 Å². The maximum atomic E-state index is 15.9. The SMILES string of the molecule is COC(=O)/N=C(SC)/C(=N\c1ccc(C#N)cc1)c1cc(OC)cc(OCCO[Si](C)(C)C(C)(C)C)c1F. The molecule has 2 rings (SSSR count). The van der Waals surface area contributed by atoms with E-state index >= 15 is 4.39 Å². The highest BCUT2D eigenvalue weighted by molar-refractivity contribution is 8.15. The minimum Gasteiger partial charge on any atom is -0.497 e. The molecule has 0 unspecified atom stereocenters. The summed E-state index contributed by atoms with van der Waals surface area (Å²) in [6.45, 7) is 11.1. The molecule has 0 spiro atoms. The van der Waals surface area contributed by atoms with E-state index in [2.05, 4.69) is 48.6 Å². The van der Waals surface area contributed by atoms with Crippen molar-refractivity contribution in [1.29, 1.82) is 5.26 Å². The molecule has 0 aliphatic heterocycles. The number of carbonyl (C=O) groups excluding carboxylic acids is 1. The lowest BCUT2D eigenvalue weighted by atomic mass is 10.1. The molecule has 0 atom stereocenters. The molecule has 1 amide bonds. The molecule has 8 nitrogen and oxygen atoms in total. The Hall–Kier alpha value is -3.20. The Bertz CT molecular complexity index is 1230. The molecule has 2 aromatic rings. The molecule has 38 heavy (non-hydrogen) atoms. The number of methoxy groups -OCH3 is 2. The summed E-state index contributed by atoms with van der Waals surface area (Å²) >= 11 is 1.10. The molecule has 0 aliphatic rings. The Balaban J connectivity index is 2.54. The van der Waals surface area contributed by atoms with Crippen molar-refractivity contribution in [1.82, 2.24) is 0 Å². The number of amides is 1. The average molecular weight is 560 g/mol. The second kappa shape index (κ2) is 13.5. The number of nitrogens with zero attached hydrogens (tertiary/aromatic N) is 3. The first-order chi connectivity index (χ1) is 17.9. The zero-order valence-corrected chi connectivity index (χ0v) is 24.9. The zero-order chi connectivity index (χ0) is 28.5. The van der Waals surface area contributed by atoms with Crippen LogP contribution in [0.15, 0.2) is 46.4 Å². The summed E-state index contributed by atoms with van der Waals surface area (Å²) in [6.07, 6.45) is 0.827. The van der Waals surface area contributed by atoms with Gasteiger partial charge in [-0.05, 0) is 54.7 Å². The number of ether oxygens (including phenoxy) is 3. The van der Waals surface area contributed by atoms with Crippen LogP contribution in [0.25, 0.3) is 0 Å². The molecule has 0 saturated carbocycles. The summed E-state index contributed by atoms with van der Waals surface area (Å²) < 4.78 is 37.9. The van der Waals surface area contributed by atoms with Crippen molar-refractivity contribution in [3.8, 4) is 17.6 Å². The molecule has 2 aromatic carbocycles. The van der Waals surface area contributed by atoms with Gasteiger partial charge >= 0.3 is 6.09 Å². The van der Waals surface area contributed by atoms with Gasteiger partial charge in [-0.3, -0.25) is 0 Å². The maximum absolute atomic E-state index is 15.9. The van der Waals surface area contributed by atoms with Crippen molar-refractivity contribution in [3.63, 3.8) is 0 Å². The Morgan fingerprint density at radius 2 is 1.79 bits per heavy atom. The molecule has 0 radical (unpaired) electrons. The quantitative estimate of drug-likeness (QED) is 0.145. The van der Waals surface area contributed by atoms with Crippen LogP contribution in [0.1, 0.15) is 31.9 Å². The van der Waals surface area contributed by atoms with E-state index in [4.69, 9.17) is 19.2 Å². The van der Waals surface area contributed by atoms with E-state index in [1.807, 2.05) is 6.07 Å².